The quantitative estimate of drug-likeness (QED) is 0.870. The minimum Gasteiger partial charge on any atom is -0.489 e. The lowest BCUT2D eigenvalue weighted by Gasteiger charge is -2.19. The molecule has 2 atom stereocenters. The maximum Gasteiger partial charge on any atom is 0.227 e. The number of carbonyl (C=O) groups is 1. The summed E-state index contributed by atoms with van der Waals surface area (Å²) >= 11 is 0. The van der Waals surface area contributed by atoms with Crippen molar-refractivity contribution in [3.8, 4) is 5.75 Å². The van der Waals surface area contributed by atoms with E-state index < -0.39 is 5.82 Å². The van der Waals surface area contributed by atoms with Crippen molar-refractivity contribution in [1.82, 2.24) is 0 Å². The first kappa shape index (κ1) is 18.7. The van der Waals surface area contributed by atoms with Crippen LogP contribution in [0.2, 0.25) is 0 Å². The van der Waals surface area contributed by atoms with E-state index in [1.807, 2.05) is 13.8 Å². The number of hydrogen-bond acceptors (Lipinski definition) is 3. The molecule has 22 heavy (non-hydrogen) atoms. The average Bonchev–Trinajstić information content (AvgIpc) is 2.90. The van der Waals surface area contributed by atoms with E-state index in [1.54, 1.807) is 6.07 Å². The van der Waals surface area contributed by atoms with E-state index in [1.165, 1.54) is 12.1 Å². The van der Waals surface area contributed by atoms with Gasteiger partial charge in [-0.2, -0.15) is 0 Å². The van der Waals surface area contributed by atoms with Crippen molar-refractivity contribution in [1.29, 1.82) is 0 Å². The van der Waals surface area contributed by atoms with Gasteiger partial charge >= 0.3 is 0 Å². The number of nitrogens with one attached hydrogen (secondary N) is 1. The molecule has 0 aliphatic heterocycles. The van der Waals surface area contributed by atoms with Gasteiger partial charge in [0.2, 0.25) is 5.91 Å². The second kappa shape index (κ2) is 8.34. The molecule has 4 nitrogen and oxygen atoms in total. The molecule has 6 heteroatoms. The molecule has 1 aliphatic carbocycles. The van der Waals surface area contributed by atoms with Crippen molar-refractivity contribution in [2.45, 2.75) is 39.2 Å². The molecule has 0 aromatic heterocycles. The van der Waals surface area contributed by atoms with Crippen LogP contribution in [0.3, 0.4) is 0 Å². The molecule has 1 aromatic rings. The van der Waals surface area contributed by atoms with Crippen LogP contribution in [0.1, 0.15) is 33.1 Å². The van der Waals surface area contributed by atoms with Gasteiger partial charge < -0.3 is 15.8 Å². The Kier molecular flexibility index (Phi) is 7.10. The molecule has 0 heterocycles. The number of halogens is 2. The number of benzene rings is 1. The number of carbonyl (C=O) groups excluding carboxylic acids is 1. The summed E-state index contributed by atoms with van der Waals surface area (Å²) in [7, 11) is 0. The highest BCUT2D eigenvalue weighted by atomic mass is 35.5. The Morgan fingerprint density at radius 2 is 2.18 bits per heavy atom. The molecule has 1 amide bonds. The van der Waals surface area contributed by atoms with E-state index in [2.05, 4.69) is 5.32 Å². The van der Waals surface area contributed by atoms with Crippen LogP contribution in [-0.2, 0) is 4.79 Å². The van der Waals surface area contributed by atoms with Gasteiger partial charge in [0, 0.05) is 12.0 Å². The zero-order valence-electron chi connectivity index (χ0n) is 13.0. The highest BCUT2D eigenvalue weighted by molar-refractivity contribution is 5.94. The van der Waals surface area contributed by atoms with E-state index in [0.29, 0.717) is 18.0 Å². The molecule has 2 rings (SSSR count). The Morgan fingerprint density at radius 3 is 2.82 bits per heavy atom. The monoisotopic (exact) mass is 330 g/mol. The van der Waals surface area contributed by atoms with E-state index >= 15 is 0 Å². The fourth-order valence-electron chi connectivity index (χ4n) is 2.85. The van der Waals surface area contributed by atoms with Crippen molar-refractivity contribution in [3.05, 3.63) is 24.0 Å². The zero-order chi connectivity index (χ0) is 15.4. The molecule has 1 aromatic carbocycles. The molecule has 1 aliphatic rings. The number of amides is 1. The molecule has 0 bridgehead atoms. The lowest BCUT2D eigenvalue weighted by Crippen LogP contribution is -2.30. The molecule has 1 saturated carbocycles. The van der Waals surface area contributed by atoms with Crippen molar-refractivity contribution in [2.24, 2.45) is 17.6 Å². The number of anilines is 1. The maximum atomic E-state index is 13.4. The summed E-state index contributed by atoms with van der Waals surface area (Å²) in [5.74, 6) is 0.116. The number of rotatable bonds is 5. The van der Waals surface area contributed by atoms with Gasteiger partial charge in [0.25, 0.3) is 0 Å². The van der Waals surface area contributed by atoms with Crippen LogP contribution in [0.15, 0.2) is 18.2 Å². The van der Waals surface area contributed by atoms with Gasteiger partial charge in [-0.05, 0) is 51.3 Å². The highest BCUT2D eigenvalue weighted by Crippen LogP contribution is 2.33. The smallest absolute Gasteiger partial charge is 0.227 e. The predicted molar refractivity (Wildman–Crippen MR) is 87.9 cm³/mol. The van der Waals surface area contributed by atoms with Crippen LogP contribution in [0, 0.1) is 17.7 Å². The van der Waals surface area contributed by atoms with E-state index in [-0.39, 0.29) is 36.3 Å². The van der Waals surface area contributed by atoms with Gasteiger partial charge in [0.05, 0.1) is 11.8 Å². The van der Waals surface area contributed by atoms with Gasteiger partial charge in [0.1, 0.15) is 11.6 Å². The molecule has 0 unspecified atom stereocenters. The molecular weight excluding hydrogens is 307 g/mol. The van der Waals surface area contributed by atoms with Crippen molar-refractivity contribution < 1.29 is 13.9 Å². The summed E-state index contributed by atoms with van der Waals surface area (Å²) in [6.07, 6.45) is 2.78. The maximum absolute atomic E-state index is 13.4. The molecule has 124 valence electrons. The second-order valence-corrected chi connectivity index (χ2v) is 5.83. The zero-order valence-corrected chi connectivity index (χ0v) is 13.8. The number of hydrogen-bond donors (Lipinski definition) is 2. The Bertz CT molecular complexity index is 511. The Balaban J connectivity index is 0.00000242. The summed E-state index contributed by atoms with van der Waals surface area (Å²) < 4.78 is 19.0. The first-order chi connectivity index (χ1) is 10.0. The molecule has 0 spiro atoms. The summed E-state index contributed by atoms with van der Waals surface area (Å²) in [4.78, 5) is 12.4. The third kappa shape index (κ3) is 4.58. The highest BCUT2D eigenvalue weighted by Gasteiger charge is 2.32. The minimum absolute atomic E-state index is 0. The van der Waals surface area contributed by atoms with Crippen LogP contribution >= 0.6 is 12.4 Å². The van der Waals surface area contributed by atoms with Gasteiger partial charge in [0.15, 0.2) is 0 Å². The van der Waals surface area contributed by atoms with Gasteiger partial charge in [-0.15, -0.1) is 12.4 Å². The van der Waals surface area contributed by atoms with Gasteiger partial charge in [-0.25, -0.2) is 4.39 Å². The van der Waals surface area contributed by atoms with Crippen LogP contribution in [0.4, 0.5) is 10.1 Å². The summed E-state index contributed by atoms with van der Waals surface area (Å²) in [5, 5.41) is 2.80. The van der Waals surface area contributed by atoms with Crippen molar-refractivity contribution >= 4 is 24.0 Å². The standard InChI is InChI=1S/C16H23FN2O2.ClH/c1-10(2)21-15-7-6-12(17)8-14(15)19-16(20)13-5-3-4-11(13)9-18;/h6-8,10-11,13H,3-5,9,18H2,1-2H3,(H,19,20);1H/t11-,13-;/m1./s1. The number of nitrogens with two attached hydrogens (primary N) is 1. The summed E-state index contributed by atoms with van der Waals surface area (Å²) in [5.41, 5.74) is 6.10. The normalized spacial score (nSPS) is 20.6. The molecule has 3 N–H and O–H groups in total. The SMILES string of the molecule is CC(C)Oc1ccc(F)cc1NC(=O)[C@@H]1CCC[C@@H]1CN.Cl. The van der Waals surface area contributed by atoms with E-state index in [4.69, 9.17) is 10.5 Å². The summed E-state index contributed by atoms with van der Waals surface area (Å²) in [6, 6.07) is 4.16. The Hall–Kier alpha value is -1.33. The average molecular weight is 331 g/mol. The Labute approximate surface area is 137 Å². The largest absolute Gasteiger partial charge is 0.489 e. The van der Waals surface area contributed by atoms with Crippen molar-refractivity contribution in [3.63, 3.8) is 0 Å². The summed E-state index contributed by atoms with van der Waals surface area (Å²) in [6.45, 7) is 4.28. The lowest BCUT2D eigenvalue weighted by atomic mass is 9.95. The number of ether oxygens (including phenoxy) is 1. The third-order valence-corrected chi connectivity index (χ3v) is 3.86. The van der Waals surface area contributed by atoms with Crippen molar-refractivity contribution in [2.75, 3.05) is 11.9 Å². The topological polar surface area (TPSA) is 64.3 Å². The van der Waals surface area contributed by atoms with Crippen LogP contribution in [0.5, 0.6) is 5.75 Å². The van der Waals surface area contributed by atoms with E-state index in [9.17, 15) is 9.18 Å². The minimum atomic E-state index is -0.400. The second-order valence-electron chi connectivity index (χ2n) is 5.83. The molecule has 0 radical (unpaired) electrons. The molecule has 0 saturated heterocycles. The first-order valence-electron chi connectivity index (χ1n) is 7.48. The third-order valence-electron chi connectivity index (χ3n) is 3.86. The Morgan fingerprint density at radius 1 is 1.45 bits per heavy atom. The fourth-order valence-corrected chi connectivity index (χ4v) is 2.85. The lowest BCUT2D eigenvalue weighted by molar-refractivity contribution is -0.120. The van der Waals surface area contributed by atoms with Crippen LogP contribution in [0.25, 0.3) is 0 Å². The predicted octanol–water partition coefficient (Wildman–Crippen LogP) is 3.35. The van der Waals surface area contributed by atoms with E-state index in [0.717, 1.165) is 19.3 Å². The first-order valence-corrected chi connectivity index (χ1v) is 7.48. The molecule has 1 fully saturated rings. The van der Waals surface area contributed by atoms with Gasteiger partial charge in [-0.1, -0.05) is 6.42 Å². The fraction of sp³-hybridized carbons (Fsp3) is 0.562. The van der Waals surface area contributed by atoms with Crippen LogP contribution < -0.4 is 15.8 Å². The molecular formula is C16H24ClFN2O2. The van der Waals surface area contributed by atoms with Crippen LogP contribution in [-0.4, -0.2) is 18.6 Å². The van der Waals surface area contributed by atoms with Gasteiger partial charge in [-0.3, -0.25) is 4.79 Å².